The van der Waals surface area contributed by atoms with Gasteiger partial charge in [0.25, 0.3) is 5.17 Å². The van der Waals surface area contributed by atoms with Crippen LogP contribution in [-0.4, -0.2) is 71.5 Å². The molecule has 0 aliphatic carbocycles. The lowest BCUT2D eigenvalue weighted by molar-refractivity contribution is -0.289. The lowest BCUT2D eigenvalue weighted by Crippen LogP contribution is -2.60. The zero-order valence-corrected chi connectivity index (χ0v) is 21.9. The maximum atomic E-state index is 6.00. The van der Waals surface area contributed by atoms with E-state index in [0.717, 1.165) is 16.9 Å². The Morgan fingerprint density at radius 1 is 1.03 bits per heavy atom. The minimum Gasteiger partial charge on any atom is -0.438 e. The second kappa shape index (κ2) is 11.9. The zero-order valence-electron chi connectivity index (χ0n) is 21.1. The standard InChI is InChI=1S/C26H32N4O5S/c1-6-33-22-21(31-4)17(3)34-25(23(22)32-5)35-26(36)28-19-11-9-18(10-12-19)24-27-15-30(29-24)20-13-7-16(2)8-14-20/h7-15,17,21-23,25H,6H2,1-5H3,(H,28,36)/t17-,21-,22+,23+,25-/m0/s1. The van der Waals surface area contributed by atoms with Gasteiger partial charge >= 0.3 is 0 Å². The molecule has 0 saturated carbocycles. The Morgan fingerprint density at radius 2 is 1.72 bits per heavy atom. The van der Waals surface area contributed by atoms with E-state index in [9.17, 15) is 0 Å². The summed E-state index contributed by atoms with van der Waals surface area (Å²) in [6.45, 7) is 6.40. The van der Waals surface area contributed by atoms with Gasteiger partial charge < -0.3 is 29.0 Å². The van der Waals surface area contributed by atoms with Crippen molar-refractivity contribution in [2.45, 2.75) is 51.5 Å². The van der Waals surface area contributed by atoms with Crippen molar-refractivity contribution in [1.29, 1.82) is 0 Å². The molecule has 1 saturated heterocycles. The van der Waals surface area contributed by atoms with Crippen molar-refractivity contribution in [3.05, 3.63) is 60.4 Å². The van der Waals surface area contributed by atoms with E-state index in [2.05, 4.69) is 22.3 Å². The van der Waals surface area contributed by atoms with E-state index in [4.69, 9.17) is 35.9 Å². The number of aryl methyl sites for hydroxylation is 1. The number of methoxy groups -OCH3 is 2. The maximum Gasteiger partial charge on any atom is 0.263 e. The Bertz CT molecular complexity index is 1140. The molecule has 1 N–H and O–H groups in total. The lowest BCUT2D eigenvalue weighted by atomic mass is 9.99. The first-order chi connectivity index (χ1) is 17.4. The number of aromatic nitrogens is 3. The summed E-state index contributed by atoms with van der Waals surface area (Å²) in [5.74, 6) is 0.628. The summed E-state index contributed by atoms with van der Waals surface area (Å²) in [5.41, 5.74) is 3.79. The van der Waals surface area contributed by atoms with Crippen molar-refractivity contribution < 1.29 is 23.7 Å². The highest BCUT2D eigenvalue weighted by Crippen LogP contribution is 2.28. The van der Waals surface area contributed by atoms with Gasteiger partial charge in [0.15, 0.2) is 5.82 Å². The molecule has 0 spiro atoms. The van der Waals surface area contributed by atoms with Crippen molar-refractivity contribution in [3.8, 4) is 17.1 Å². The third-order valence-corrected chi connectivity index (χ3v) is 6.23. The van der Waals surface area contributed by atoms with Gasteiger partial charge in [-0.25, -0.2) is 9.67 Å². The molecule has 1 aromatic heterocycles. The van der Waals surface area contributed by atoms with Gasteiger partial charge in [-0.15, -0.1) is 5.10 Å². The van der Waals surface area contributed by atoms with Crippen molar-refractivity contribution in [2.75, 3.05) is 26.1 Å². The summed E-state index contributed by atoms with van der Waals surface area (Å²) in [5, 5.41) is 7.84. The molecular formula is C26H32N4O5S. The van der Waals surface area contributed by atoms with Gasteiger partial charge in [0, 0.05) is 32.1 Å². The molecule has 0 radical (unpaired) electrons. The summed E-state index contributed by atoms with van der Waals surface area (Å²) < 4.78 is 30.8. The van der Waals surface area contributed by atoms with E-state index in [1.54, 1.807) is 25.2 Å². The van der Waals surface area contributed by atoms with Gasteiger partial charge in [0.2, 0.25) is 6.29 Å². The molecule has 2 aromatic carbocycles. The second-order valence-corrected chi connectivity index (χ2v) is 8.86. The molecule has 0 bridgehead atoms. The predicted molar refractivity (Wildman–Crippen MR) is 140 cm³/mol. The molecular weight excluding hydrogens is 480 g/mol. The van der Waals surface area contributed by atoms with Crippen LogP contribution in [-0.2, 0) is 23.7 Å². The number of hydrogen-bond donors (Lipinski definition) is 1. The predicted octanol–water partition coefficient (Wildman–Crippen LogP) is 4.14. The van der Waals surface area contributed by atoms with Crippen molar-refractivity contribution in [3.63, 3.8) is 0 Å². The number of nitrogens with one attached hydrogen (secondary N) is 1. The van der Waals surface area contributed by atoms with Gasteiger partial charge in [0.1, 0.15) is 24.6 Å². The summed E-state index contributed by atoms with van der Waals surface area (Å²) in [6, 6.07) is 15.7. The minimum atomic E-state index is -0.748. The van der Waals surface area contributed by atoms with E-state index in [-0.39, 0.29) is 23.5 Å². The summed E-state index contributed by atoms with van der Waals surface area (Å²) >= 11 is 5.44. The third-order valence-electron chi connectivity index (χ3n) is 6.03. The number of nitrogens with zero attached hydrogens (tertiary/aromatic N) is 3. The second-order valence-electron chi connectivity index (χ2n) is 8.49. The topological polar surface area (TPSA) is 88.9 Å². The molecule has 0 amide bonds. The molecule has 1 fully saturated rings. The van der Waals surface area contributed by atoms with E-state index in [1.165, 1.54) is 5.56 Å². The van der Waals surface area contributed by atoms with E-state index >= 15 is 0 Å². The van der Waals surface area contributed by atoms with E-state index in [1.807, 2.05) is 62.4 Å². The zero-order chi connectivity index (χ0) is 25.7. The highest BCUT2D eigenvalue weighted by molar-refractivity contribution is 7.80. The molecule has 0 unspecified atom stereocenters. The van der Waals surface area contributed by atoms with Gasteiger partial charge in [-0.05, 0) is 69.4 Å². The quantitative estimate of drug-likeness (QED) is 0.448. The van der Waals surface area contributed by atoms with Gasteiger partial charge in [-0.1, -0.05) is 17.7 Å². The molecule has 10 heteroatoms. The molecule has 36 heavy (non-hydrogen) atoms. The molecule has 5 atom stereocenters. The molecule has 192 valence electrons. The SMILES string of the molecule is CCO[C@@H]1[C@@H](OC)[C@H](C)O[C@@H](OC(=S)Nc2ccc(-c3ncn(-c4ccc(C)cc4)n3)cc2)[C@@H]1OC. The summed E-state index contributed by atoms with van der Waals surface area (Å²) in [7, 11) is 3.21. The first-order valence-corrected chi connectivity index (χ1v) is 12.2. The third kappa shape index (κ3) is 5.91. The Morgan fingerprint density at radius 3 is 2.36 bits per heavy atom. The molecule has 1 aliphatic heterocycles. The first kappa shape index (κ1) is 26.2. The normalized spacial score (nSPS) is 23.9. The van der Waals surface area contributed by atoms with Crippen LogP contribution in [0, 0.1) is 6.92 Å². The smallest absolute Gasteiger partial charge is 0.263 e. The van der Waals surface area contributed by atoms with Crippen LogP contribution in [0.5, 0.6) is 0 Å². The van der Waals surface area contributed by atoms with Crippen LogP contribution in [0.1, 0.15) is 19.4 Å². The summed E-state index contributed by atoms with van der Waals surface area (Å²) in [6.07, 6.45) is -0.460. The van der Waals surface area contributed by atoms with Gasteiger partial charge in [-0.3, -0.25) is 0 Å². The first-order valence-electron chi connectivity index (χ1n) is 11.8. The highest BCUT2D eigenvalue weighted by atomic mass is 32.1. The van der Waals surface area contributed by atoms with Crippen LogP contribution in [0.25, 0.3) is 17.1 Å². The van der Waals surface area contributed by atoms with E-state index < -0.39 is 12.4 Å². The number of thiocarbonyl (C=S) groups is 1. The van der Waals surface area contributed by atoms with Crippen LogP contribution in [0.4, 0.5) is 5.69 Å². The fourth-order valence-electron chi connectivity index (χ4n) is 4.20. The fourth-order valence-corrected chi connectivity index (χ4v) is 4.41. The highest BCUT2D eigenvalue weighted by Gasteiger charge is 2.47. The van der Waals surface area contributed by atoms with Crippen LogP contribution in [0.15, 0.2) is 54.9 Å². The molecule has 2 heterocycles. The van der Waals surface area contributed by atoms with Crippen LogP contribution in [0.2, 0.25) is 0 Å². The Balaban J connectivity index is 1.39. The van der Waals surface area contributed by atoms with Crippen molar-refractivity contribution >= 4 is 23.1 Å². The number of rotatable bonds is 8. The van der Waals surface area contributed by atoms with Gasteiger partial charge in [-0.2, -0.15) is 0 Å². The lowest BCUT2D eigenvalue weighted by Gasteiger charge is -2.43. The fraction of sp³-hybridized carbons (Fsp3) is 0.423. The van der Waals surface area contributed by atoms with E-state index in [0.29, 0.717) is 12.4 Å². The van der Waals surface area contributed by atoms with Crippen LogP contribution >= 0.6 is 12.2 Å². The molecule has 1 aliphatic rings. The number of anilines is 1. The minimum absolute atomic E-state index is 0.162. The Labute approximate surface area is 216 Å². The Kier molecular flexibility index (Phi) is 8.65. The number of hydrogen-bond acceptors (Lipinski definition) is 8. The van der Waals surface area contributed by atoms with Crippen LogP contribution in [0.3, 0.4) is 0 Å². The summed E-state index contributed by atoms with van der Waals surface area (Å²) in [4.78, 5) is 4.44. The monoisotopic (exact) mass is 512 g/mol. The largest absolute Gasteiger partial charge is 0.438 e. The number of benzene rings is 2. The average Bonchev–Trinajstić information content (AvgIpc) is 3.36. The van der Waals surface area contributed by atoms with Crippen molar-refractivity contribution in [1.82, 2.24) is 14.8 Å². The number of ether oxygens (including phenoxy) is 5. The van der Waals surface area contributed by atoms with Gasteiger partial charge in [0.05, 0.1) is 11.8 Å². The molecule has 3 aromatic rings. The maximum absolute atomic E-state index is 6.00. The Hall–Kier alpha value is -2.89. The molecule has 4 rings (SSSR count). The molecule has 9 nitrogen and oxygen atoms in total. The average molecular weight is 513 g/mol. The van der Waals surface area contributed by atoms with Crippen LogP contribution < -0.4 is 5.32 Å². The van der Waals surface area contributed by atoms with Crippen molar-refractivity contribution in [2.24, 2.45) is 0 Å².